The number of nitrogens with one attached hydrogen (secondary N) is 1. The molecule has 3 aromatic rings. The average Bonchev–Trinajstić information content (AvgIpc) is 2.77. The van der Waals surface area contributed by atoms with Crippen LogP contribution in [0.15, 0.2) is 41.3 Å². The Morgan fingerprint density at radius 1 is 1.17 bits per heavy atom. The molecule has 0 saturated heterocycles. The van der Waals surface area contributed by atoms with Gasteiger partial charge in [0, 0.05) is 26.8 Å². The van der Waals surface area contributed by atoms with Gasteiger partial charge in [0.1, 0.15) is 5.82 Å². The molecule has 0 aliphatic rings. The van der Waals surface area contributed by atoms with Crippen molar-refractivity contribution >= 4 is 22.8 Å². The fourth-order valence-corrected chi connectivity index (χ4v) is 2.49. The lowest BCUT2D eigenvalue weighted by Crippen LogP contribution is -2.23. The van der Waals surface area contributed by atoms with Crippen molar-refractivity contribution in [2.45, 2.75) is 6.54 Å². The number of nitrogens with two attached hydrogens (primary N) is 1. The van der Waals surface area contributed by atoms with Gasteiger partial charge in [0.25, 0.3) is 5.91 Å². The van der Waals surface area contributed by atoms with E-state index in [4.69, 9.17) is 5.73 Å². The van der Waals surface area contributed by atoms with Crippen molar-refractivity contribution in [1.29, 1.82) is 0 Å². The van der Waals surface area contributed by atoms with Crippen molar-refractivity contribution in [3.05, 3.63) is 58.1 Å². The number of nitrogens with zero attached hydrogens (tertiary/aromatic N) is 3. The minimum absolute atomic E-state index is 0.0749. The van der Waals surface area contributed by atoms with Gasteiger partial charge in [-0.05, 0) is 29.8 Å². The smallest absolute Gasteiger partial charge is 0.328 e. The Hall–Kier alpha value is -3.09. The first-order valence-corrected chi connectivity index (χ1v) is 7.11. The predicted molar refractivity (Wildman–Crippen MR) is 88.0 cm³/mol. The number of imidazole rings is 1. The van der Waals surface area contributed by atoms with Crippen LogP contribution in [0.1, 0.15) is 15.9 Å². The number of aromatic nitrogens is 3. The summed E-state index contributed by atoms with van der Waals surface area (Å²) in [6, 6.07) is 8.88. The van der Waals surface area contributed by atoms with Gasteiger partial charge in [0.15, 0.2) is 0 Å². The number of rotatable bonds is 3. The van der Waals surface area contributed by atoms with E-state index in [-0.39, 0.29) is 11.6 Å². The molecule has 0 aliphatic carbocycles. The minimum atomic E-state index is -0.223. The molecule has 0 fully saturated rings. The maximum absolute atomic E-state index is 12.1. The largest absolute Gasteiger partial charge is 0.384 e. The molecule has 0 aliphatic heterocycles. The number of anilines is 1. The van der Waals surface area contributed by atoms with Crippen LogP contribution in [0, 0.1) is 0 Å². The van der Waals surface area contributed by atoms with Crippen molar-refractivity contribution in [2.24, 2.45) is 14.1 Å². The zero-order valence-corrected chi connectivity index (χ0v) is 12.9. The van der Waals surface area contributed by atoms with Crippen LogP contribution in [0.25, 0.3) is 11.0 Å². The Morgan fingerprint density at radius 2 is 1.91 bits per heavy atom. The van der Waals surface area contributed by atoms with E-state index in [1.54, 1.807) is 35.4 Å². The number of carbonyl (C=O) groups is 1. The van der Waals surface area contributed by atoms with E-state index < -0.39 is 0 Å². The predicted octanol–water partition coefficient (Wildman–Crippen LogP) is 0.784. The number of hydrogen-bond acceptors (Lipinski definition) is 4. The number of benzene rings is 1. The highest BCUT2D eigenvalue weighted by molar-refractivity contribution is 5.94. The van der Waals surface area contributed by atoms with Gasteiger partial charge in [0.05, 0.1) is 16.6 Å². The van der Waals surface area contributed by atoms with Gasteiger partial charge in [-0.25, -0.2) is 9.78 Å². The van der Waals surface area contributed by atoms with Gasteiger partial charge >= 0.3 is 5.69 Å². The number of fused-ring (bicyclic) bond motifs is 1. The lowest BCUT2D eigenvalue weighted by molar-refractivity contribution is 0.0950. The SMILES string of the molecule is Cn1c(=O)n(C)c2cc(CNC(=O)c3ccc(N)nc3)ccc21. The van der Waals surface area contributed by atoms with Crippen LogP contribution in [-0.4, -0.2) is 20.0 Å². The maximum Gasteiger partial charge on any atom is 0.328 e. The summed E-state index contributed by atoms with van der Waals surface area (Å²) in [7, 11) is 3.47. The molecule has 7 heteroatoms. The summed E-state index contributed by atoms with van der Waals surface area (Å²) in [4.78, 5) is 27.9. The second-order valence-electron chi connectivity index (χ2n) is 5.38. The molecule has 23 heavy (non-hydrogen) atoms. The van der Waals surface area contributed by atoms with Crippen LogP contribution in [0.5, 0.6) is 0 Å². The van der Waals surface area contributed by atoms with Crippen LogP contribution in [0.4, 0.5) is 5.82 Å². The van der Waals surface area contributed by atoms with E-state index in [1.165, 1.54) is 6.20 Å². The van der Waals surface area contributed by atoms with E-state index in [2.05, 4.69) is 10.3 Å². The third-order valence-electron chi connectivity index (χ3n) is 3.84. The van der Waals surface area contributed by atoms with Gasteiger partial charge in [-0.15, -0.1) is 0 Å². The molecule has 0 spiro atoms. The Morgan fingerprint density at radius 3 is 2.61 bits per heavy atom. The number of pyridine rings is 1. The number of carbonyl (C=O) groups excluding carboxylic acids is 1. The quantitative estimate of drug-likeness (QED) is 0.747. The van der Waals surface area contributed by atoms with Crippen LogP contribution in [0.3, 0.4) is 0 Å². The second-order valence-corrected chi connectivity index (χ2v) is 5.38. The van der Waals surface area contributed by atoms with Crippen molar-refractivity contribution in [2.75, 3.05) is 5.73 Å². The summed E-state index contributed by atoms with van der Waals surface area (Å²) in [6.07, 6.45) is 1.44. The molecule has 0 bridgehead atoms. The first-order valence-electron chi connectivity index (χ1n) is 7.11. The van der Waals surface area contributed by atoms with Gasteiger partial charge < -0.3 is 11.1 Å². The number of nitrogen functional groups attached to an aromatic ring is 1. The molecule has 118 valence electrons. The fourth-order valence-electron chi connectivity index (χ4n) is 2.49. The molecule has 2 heterocycles. The molecule has 0 radical (unpaired) electrons. The second kappa shape index (κ2) is 5.60. The molecule has 1 amide bonds. The average molecular weight is 311 g/mol. The Balaban J connectivity index is 1.79. The summed E-state index contributed by atoms with van der Waals surface area (Å²) >= 11 is 0. The van der Waals surface area contributed by atoms with Crippen LogP contribution < -0.4 is 16.7 Å². The van der Waals surface area contributed by atoms with Crippen molar-refractivity contribution in [1.82, 2.24) is 19.4 Å². The summed E-state index contributed by atoms with van der Waals surface area (Å²) < 4.78 is 3.18. The lowest BCUT2D eigenvalue weighted by atomic mass is 10.2. The van der Waals surface area contributed by atoms with E-state index >= 15 is 0 Å². The summed E-state index contributed by atoms with van der Waals surface area (Å²) in [5.74, 6) is 0.150. The highest BCUT2D eigenvalue weighted by atomic mass is 16.2. The molecule has 0 unspecified atom stereocenters. The zero-order valence-electron chi connectivity index (χ0n) is 12.9. The summed E-state index contributed by atoms with van der Waals surface area (Å²) in [5.41, 5.74) is 8.48. The first kappa shape index (κ1) is 14.8. The highest BCUT2D eigenvalue weighted by Crippen LogP contribution is 2.14. The third kappa shape index (κ3) is 2.68. The zero-order chi connectivity index (χ0) is 16.6. The minimum Gasteiger partial charge on any atom is -0.384 e. The maximum atomic E-state index is 12.1. The lowest BCUT2D eigenvalue weighted by Gasteiger charge is -2.06. The van der Waals surface area contributed by atoms with Gasteiger partial charge in [-0.1, -0.05) is 6.07 Å². The van der Waals surface area contributed by atoms with Crippen LogP contribution in [-0.2, 0) is 20.6 Å². The van der Waals surface area contributed by atoms with Crippen molar-refractivity contribution in [3.8, 4) is 0 Å². The van der Waals surface area contributed by atoms with Crippen molar-refractivity contribution in [3.63, 3.8) is 0 Å². The van der Waals surface area contributed by atoms with Gasteiger partial charge in [0.2, 0.25) is 0 Å². The Kier molecular flexibility index (Phi) is 3.61. The van der Waals surface area contributed by atoms with Gasteiger partial charge in [-0.3, -0.25) is 13.9 Å². The topological polar surface area (TPSA) is 94.9 Å². The molecule has 0 saturated carbocycles. The molecule has 3 rings (SSSR count). The summed E-state index contributed by atoms with van der Waals surface area (Å²) in [6.45, 7) is 0.363. The third-order valence-corrected chi connectivity index (χ3v) is 3.84. The molecule has 2 aromatic heterocycles. The molecular weight excluding hydrogens is 294 g/mol. The molecular formula is C16H17N5O2. The number of hydrogen-bond donors (Lipinski definition) is 2. The van der Waals surface area contributed by atoms with Crippen LogP contribution in [0.2, 0.25) is 0 Å². The fraction of sp³-hybridized carbons (Fsp3) is 0.188. The van der Waals surface area contributed by atoms with Crippen molar-refractivity contribution < 1.29 is 4.79 Å². The molecule has 3 N–H and O–H groups in total. The number of aryl methyl sites for hydroxylation is 2. The number of amides is 1. The highest BCUT2D eigenvalue weighted by Gasteiger charge is 2.09. The normalized spacial score (nSPS) is 10.9. The monoisotopic (exact) mass is 311 g/mol. The van der Waals surface area contributed by atoms with E-state index in [1.807, 2.05) is 18.2 Å². The van der Waals surface area contributed by atoms with E-state index in [0.29, 0.717) is 17.9 Å². The Bertz CT molecular complexity index is 937. The standard InChI is InChI=1S/C16H17N5O2/c1-20-12-5-3-10(7-13(12)21(2)16(20)23)8-19-15(22)11-4-6-14(17)18-9-11/h3-7,9H,8H2,1-2H3,(H2,17,18)(H,19,22). The van der Waals surface area contributed by atoms with Gasteiger partial charge in [-0.2, -0.15) is 0 Å². The first-order chi connectivity index (χ1) is 11.0. The summed E-state index contributed by atoms with van der Waals surface area (Å²) in [5, 5.41) is 2.83. The molecule has 7 nitrogen and oxygen atoms in total. The molecule has 1 aromatic carbocycles. The van der Waals surface area contributed by atoms with E-state index in [9.17, 15) is 9.59 Å². The Labute approximate surface area is 132 Å². The molecule has 0 atom stereocenters. The van der Waals surface area contributed by atoms with Crippen LogP contribution >= 0.6 is 0 Å². The van der Waals surface area contributed by atoms with E-state index in [0.717, 1.165) is 16.6 Å².